The summed E-state index contributed by atoms with van der Waals surface area (Å²) in [7, 11) is 0. The van der Waals surface area contributed by atoms with Gasteiger partial charge in [0.15, 0.2) is 11.5 Å². The summed E-state index contributed by atoms with van der Waals surface area (Å²) in [6, 6.07) is 12.4. The Bertz CT molecular complexity index is 1090. The number of benzene rings is 2. The molecule has 0 aliphatic carbocycles. The van der Waals surface area contributed by atoms with Crippen molar-refractivity contribution in [2.45, 2.75) is 0 Å². The summed E-state index contributed by atoms with van der Waals surface area (Å²) in [6.45, 7) is 0. The van der Waals surface area contributed by atoms with E-state index in [0.29, 0.717) is 22.3 Å². The molecule has 25 heavy (non-hydrogen) atoms. The van der Waals surface area contributed by atoms with Gasteiger partial charge < -0.3 is 5.11 Å². The lowest BCUT2D eigenvalue weighted by Gasteiger charge is -2.06. The molecule has 0 fully saturated rings. The number of carboxylic acid groups (broad SMARTS) is 1. The van der Waals surface area contributed by atoms with E-state index in [9.17, 15) is 14.3 Å². The van der Waals surface area contributed by atoms with Gasteiger partial charge in [-0.15, -0.1) is 0 Å². The molecule has 0 amide bonds. The summed E-state index contributed by atoms with van der Waals surface area (Å²) in [5.41, 5.74) is 1.70. The van der Waals surface area contributed by atoms with E-state index in [1.165, 1.54) is 18.2 Å². The molecule has 1 N–H and O–H groups in total. The van der Waals surface area contributed by atoms with Gasteiger partial charge in [-0.2, -0.15) is 5.10 Å². The third-order valence-corrected chi connectivity index (χ3v) is 3.78. The smallest absolute Gasteiger partial charge is 0.336 e. The van der Waals surface area contributed by atoms with Crippen molar-refractivity contribution in [3.63, 3.8) is 0 Å². The van der Waals surface area contributed by atoms with E-state index in [-0.39, 0.29) is 17.2 Å². The number of hydrogen-bond donors (Lipinski definition) is 1. The Labute approximate surface area is 141 Å². The highest BCUT2D eigenvalue weighted by molar-refractivity contribution is 5.95. The maximum absolute atomic E-state index is 13.1. The minimum absolute atomic E-state index is 0.120. The second kappa shape index (κ2) is 5.79. The molecular weight excluding hydrogens is 323 g/mol. The molecule has 4 rings (SSSR count). The lowest BCUT2D eigenvalue weighted by molar-refractivity contribution is 0.0697. The first-order valence-corrected chi connectivity index (χ1v) is 7.43. The average Bonchev–Trinajstić information content (AvgIpc) is 3.05. The molecule has 0 bridgehead atoms. The van der Waals surface area contributed by atoms with Gasteiger partial charge >= 0.3 is 5.97 Å². The molecule has 0 unspecified atom stereocenters. The number of carbonyl (C=O) groups is 1. The highest BCUT2D eigenvalue weighted by Gasteiger charge is 2.15. The number of aromatic nitrogens is 4. The average molecular weight is 334 g/mol. The van der Waals surface area contributed by atoms with Gasteiger partial charge in [-0.3, -0.25) is 0 Å². The minimum Gasteiger partial charge on any atom is -0.478 e. The molecule has 2 heterocycles. The highest BCUT2D eigenvalue weighted by atomic mass is 19.1. The molecule has 0 atom stereocenters. The lowest BCUT2D eigenvalue weighted by Crippen LogP contribution is -2.03. The van der Waals surface area contributed by atoms with E-state index in [1.54, 1.807) is 47.4 Å². The van der Waals surface area contributed by atoms with Gasteiger partial charge in [0.05, 0.1) is 22.8 Å². The van der Waals surface area contributed by atoms with Crippen LogP contribution in [0.3, 0.4) is 0 Å². The first-order valence-electron chi connectivity index (χ1n) is 7.43. The van der Waals surface area contributed by atoms with Gasteiger partial charge in [0.25, 0.3) is 0 Å². The number of halogens is 1. The van der Waals surface area contributed by atoms with Gasteiger partial charge in [0.1, 0.15) is 5.82 Å². The molecule has 7 heteroatoms. The van der Waals surface area contributed by atoms with Gasteiger partial charge in [0, 0.05) is 11.8 Å². The molecule has 2 aromatic heterocycles. The molecule has 122 valence electrons. The number of fused-ring (bicyclic) bond motifs is 1. The lowest BCUT2D eigenvalue weighted by atomic mass is 10.1. The summed E-state index contributed by atoms with van der Waals surface area (Å²) < 4.78 is 14.7. The van der Waals surface area contributed by atoms with Crippen LogP contribution in [0, 0.1) is 5.82 Å². The standard InChI is InChI=1S/C18H11FN4O2/c19-12-5-7-13(8-6-12)23-17-11(10-21-23)9-20-16(22-17)14-3-1-2-4-15(14)18(24)25/h1-10H,(H,24,25). The van der Waals surface area contributed by atoms with Crippen molar-refractivity contribution >= 4 is 17.0 Å². The third-order valence-electron chi connectivity index (χ3n) is 3.78. The summed E-state index contributed by atoms with van der Waals surface area (Å²) in [4.78, 5) is 20.2. The Morgan fingerprint density at radius 3 is 2.56 bits per heavy atom. The Kier molecular flexibility index (Phi) is 3.46. The fourth-order valence-electron chi connectivity index (χ4n) is 2.58. The topological polar surface area (TPSA) is 80.9 Å². The number of carboxylic acids is 1. The van der Waals surface area contributed by atoms with Crippen LogP contribution in [0.15, 0.2) is 60.9 Å². The van der Waals surface area contributed by atoms with E-state index in [4.69, 9.17) is 0 Å². The number of hydrogen-bond acceptors (Lipinski definition) is 4. The van der Waals surface area contributed by atoms with Crippen LogP contribution >= 0.6 is 0 Å². The van der Waals surface area contributed by atoms with Crippen molar-refractivity contribution in [2.24, 2.45) is 0 Å². The van der Waals surface area contributed by atoms with Gasteiger partial charge in [0.2, 0.25) is 0 Å². The molecule has 6 nitrogen and oxygen atoms in total. The largest absolute Gasteiger partial charge is 0.478 e. The molecular formula is C18H11FN4O2. The van der Waals surface area contributed by atoms with Crippen molar-refractivity contribution in [3.8, 4) is 17.1 Å². The van der Waals surface area contributed by atoms with Crippen LogP contribution in [0.5, 0.6) is 0 Å². The SMILES string of the molecule is O=C(O)c1ccccc1-c1ncc2cnn(-c3ccc(F)cc3)c2n1. The summed E-state index contributed by atoms with van der Waals surface area (Å²) >= 11 is 0. The van der Waals surface area contributed by atoms with E-state index in [2.05, 4.69) is 15.1 Å². The van der Waals surface area contributed by atoms with Crippen LogP contribution < -0.4 is 0 Å². The molecule has 0 radical (unpaired) electrons. The zero-order valence-electron chi connectivity index (χ0n) is 12.8. The summed E-state index contributed by atoms with van der Waals surface area (Å²) in [6.07, 6.45) is 3.19. The van der Waals surface area contributed by atoms with Crippen LogP contribution in [-0.2, 0) is 0 Å². The van der Waals surface area contributed by atoms with E-state index in [1.807, 2.05) is 0 Å². The van der Waals surface area contributed by atoms with Crippen LogP contribution in [0.1, 0.15) is 10.4 Å². The quantitative estimate of drug-likeness (QED) is 0.621. The Morgan fingerprint density at radius 2 is 1.80 bits per heavy atom. The van der Waals surface area contributed by atoms with Crippen molar-refractivity contribution in [1.29, 1.82) is 0 Å². The van der Waals surface area contributed by atoms with Crippen LogP contribution in [0.2, 0.25) is 0 Å². The van der Waals surface area contributed by atoms with Crippen LogP contribution in [0.4, 0.5) is 4.39 Å². The fourth-order valence-corrected chi connectivity index (χ4v) is 2.58. The van der Waals surface area contributed by atoms with E-state index < -0.39 is 5.97 Å². The van der Waals surface area contributed by atoms with Crippen molar-refractivity contribution in [2.75, 3.05) is 0 Å². The monoisotopic (exact) mass is 334 g/mol. The second-order valence-corrected chi connectivity index (χ2v) is 5.36. The van der Waals surface area contributed by atoms with Crippen molar-refractivity contribution < 1.29 is 14.3 Å². The zero-order valence-corrected chi connectivity index (χ0v) is 12.8. The van der Waals surface area contributed by atoms with E-state index in [0.717, 1.165) is 0 Å². The maximum atomic E-state index is 13.1. The fraction of sp³-hybridized carbons (Fsp3) is 0. The normalized spacial score (nSPS) is 10.9. The first kappa shape index (κ1) is 14.9. The predicted octanol–water partition coefficient (Wildman–Crippen LogP) is 3.32. The molecule has 0 spiro atoms. The molecule has 0 saturated carbocycles. The van der Waals surface area contributed by atoms with Gasteiger partial charge in [-0.1, -0.05) is 18.2 Å². The Morgan fingerprint density at radius 1 is 1.04 bits per heavy atom. The third kappa shape index (κ3) is 2.61. The molecule has 0 saturated heterocycles. The highest BCUT2D eigenvalue weighted by Crippen LogP contribution is 2.23. The van der Waals surface area contributed by atoms with Gasteiger partial charge in [-0.05, 0) is 30.3 Å². The predicted molar refractivity (Wildman–Crippen MR) is 89.0 cm³/mol. The number of aromatic carboxylic acids is 1. The molecule has 4 aromatic rings. The van der Waals surface area contributed by atoms with Crippen molar-refractivity contribution in [1.82, 2.24) is 19.7 Å². The van der Waals surface area contributed by atoms with Crippen LogP contribution in [0.25, 0.3) is 28.1 Å². The summed E-state index contributed by atoms with van der Waals surface area (Å²) in [5.74, 6) is -1.10. The Hall–Kier alpha value is -3.61. The minimum atomic E-state index is -1.05. The molecule has 0 aliphatic heterocycles. The van der Waals surface area contributed by atoms with Crippen LogP contribution in [-0.4, -0.2) is 30.8 Å². The number of nitrogens with zero attached hydrogens (tertiary/aromatic N) is 4. The first-order chi connectivity index (χ1) is 12.1. The molecule has 0 aliphatic rings. The maximum Gasteiger partial charge on any atom is 0.336 e. The Balaban J connectivity index is 1.90. The van der Waals surface area contributed by atoms with Crippen molar-refractivity contribution in [3.05, 3.63) is 72.3 Å². The molecule has 2 aromatic carbocycles. The zero-order chi connectivity index (χ0) is 17.4. The second-order valence-electron chi connectivity index (χ2n) is 5.36. The number of rotatable bonds is 3. The van der Waals surface area contributed by atoms with E-state index >= 15 is 0 Å². The van der Waals surface area contributed by atoms with Gasteiger partial charge in [-0.25, -0.2) is 23.8 Å². The summed E-state index contributed by atoms with van der Waals surface area (Å²) in [5, 5.41) is 14.3.